The lowest BCUT2D eigenvalue weighted by Gasteiger charge is -2.21. The van der Waals surface area contributed by atoms with Gasteiger partial charge in [-0.15, -0.1) is 0 Å². The molecule has 4 rings (SSSR count). The van der Waals surface area contributed by atoms with Crippen molar-refractivity contribution in [2.24, 2.45) is 5.92 Å². The first-order valence-electron chi connectivity index (χ1n) is 8.51. The van der Waals surface area contributed by atoms with Gasteiger partial charge in [-0.2, -0.15) is 0 Å². The fourth-order valence-electron chi connectivity index (χ4n) is 3.41. The molecule has 130 valence electrons. The fourth-order valence-corrected chi connectivity index (χ4v) is 3.68. The van der Waals surface area contributed by atoms with Gasteiger partial charge in [-0.3, -0.25) is 4.79 Å². The molecule has 1 amide bonds. The van der Waals surface area contributed by atoms with E-state index in [0.29, 0.717) is 19.8 Å². The molecule has 1 aliphatic carbocycles. The lowest BCUT2D eigenvalue weighted by Crippen LogP contribution is -2.28. The molecule has 2 aromatic rings. The first-order valence-corrected chi connectivity index (χ1v) is 8.89. The molecule has 25 heavy (non-hydrogen) atoms. The van der Waals surface area contributed by atoms with Crippen LogP contribution < -0.4 is 9.47 Å². The van der Waals surface area contributed by atoms with Gasteiger partial charge in [0.1, 0.15) is 13.2 Å². The number of amides is 1. The van der Waals surface area contributed by atoms with Crippen LogP contribution in [0.3, 0.4) is 0 Å². The molecule has 1 saturated carbocycles. The van der Waals surface area contributed by atoms with E-state index in [2.05, 4.69) is 0 Å². The van der Waals surface area contributed by atoms with Gasteiger partial charge in [0.15, 0.2) is 11.5 Å². The summed E-state index contributed by atoms with van der Waals surface area (Å²) in [6, 6.07) is 13.6. The Bertz CT molecular complexity index is 807. The average molecular weight is 358 g/mol. The van der Waals surface area contributed by atoms with Crippen molar-refractivity contribution in [1.29, 1.82) is 0 Å². The zero-order chi connectivity index (χ0) is 17.4. The van der Waals surface area contributed by atoms with Crippen molar-refractivity contribution in [2.45, 2.75) is 18.9 Å². The summed E-state index contributed by atoms with van der Waals surface area (Å²) in [6.07, 6.45) is 0.869. The normalized spacial score (nSPS) is 20.9. The molecule has 0 spiro atoms. The molecular weight excluding hydrogens is 338 g/mol. The summed E-state index contributed by atoms with van der Waals surface area (Å²) in [5.41, 5.74) is 2.12. The number of hydrogen-bond donors (Lipinski definition) is 0. The molecular formula is C20H20ClNO3. The number of halogens is 1. The molecule has 2 aromatic carbocycles. The second kappa shape index (κ2) is 6.60. The predicted octanol–water partition coefficient (Wildman–Crippen LogP) is 3.87. The second-order valence-electron chi connectivity index (χ2n) is 6.64. The molecule has 4 nitrogen and oxygen atoms in total. The quantitative estimate of drug-likeness (QED) is 0.833. The Hall–Kier alpha value is -2.20. The maximum atomic E-state index is 12.7. The Labute approximate surface area is 152 Å². The van der Waals surface area contributed by atoms with Crippen LogP contribution in [0.1, 0.15) is 23.5 Å². The van der Waals surface area contributed by atoms with Crippen LogP contribution in [0.15, 0.2) is 42.5 Å². The molecule has 0 saturated heterocycles. The van der Waals surface area contributed by atoms with Crippen molar-refractivity contribution in [1.82, 2.24) is 4.90 Å². The van der Waals surface area contributed by atoms with E-state index in [1.807, 2.05) is 49.5 Å². The highest BCUT2D eigenvalue weighted by molar-refractivity contribution is 6.31. The molecule has 0 radical (unpaired) electrons. The van der Waals surface area contributed by atoms with Crippen molar-refractivity contribution in [3.63, 3.8) is 0 Å². The molecule has 2 unspecified atom stereocenters. The van der Waals surface area contributed by atoms with Gasteiger partial charge in [0.05, 0.1) is 0 Å². The van der Waals surface area contributed by atoms with E-state index >= 15 is 0 Å². The number of carbonyl (C=O) groups excluding carboxylic acids is 1. The van der Waals surface area contributed by atoms with E-state index in [-0.39, 0.29) is 17.7 Å². The Balaban J connectivity index is 1.41. The number of rotatable bonds is 4. The van der Waals surface area contributed by atoms with Gasteiger partial charge in [-0.05, 0) is 41.7 Å². The topological polar surface area (TPSA) is 38.8 Å². The van der Waals surface area contributed by atoms with Crippen LogP contribution in [0.25, 0.3) is 0 Å². The maximum Gasteiger partial charge on any atom is 0.226 e. The summed E-state index contributed by atoms with van der Waals surface area (Å²) in [5, 5.41) is 0.747. The van der Waals surface area contributed by atoms with Crippen molar-refractivity contribution >= 4 is 17.5 Å². The minimum absolute atomic E-state index is 0.0297. The van der Waals surface area contributed by atoms with E-state index in [1.54, 1.807) is 4.90 Å². The number of carbonyl (C=O) groups is 1. The molecule has 2 atom stereocenters. The van der Waals surface area contributed by atoms with Crippen molar-refractivity contribution < 1.29 is 14.3 Å². The van der Waals surface area contributed by atoms with Gasteiger partial charge in [0.2, 0.25) is 5.91 Å². The Kier molecular flexibility index (Phi) is 4.30. The minimum atomic E-state index is 0.0297. The monoisotopic (exact) mass is 357 g/mol. The van der Waals surface area contributed by atoms with E-state index in [0.717, 1.165) is 34.1 Å². The summed E-state index contributed by atoms with van der Waals surface area (Å²) in [5.74, 6) is 1.96. The minimum Gasteiger partial charge on any atom is -0.486 e. The lowest BCUT2D eigenvalue weighted by molar-refractivity contribution is -0.131. The van der Waals surface area contributed by atoms with Gasteiger partial charge in [-0.25, -0.2) is 0 Å². The predicted molar refractivity (Wildman–Crippen MR) is 96.2 cm³/mol. The van der Waals surface area contributed by atoms with E-state index in [1.165, 1.54) is 0 Å². The van der Waals surface area contributed by atoms with E-state index in [9.17, 15) is 4.79 Å². The molecule has 5 heteroatoms. The van der Waals surface area contributed by atoms with Crippen LogP contribution >= 0.6 is 11.6 Å². The smallest absolute Gasteiger partial charge is 0.226 e. The highest BCUT2D eigenvalue weighted by Crippen LogP contribution is 2.50. The molecule has 1 fully saturated rings. The largest absolute Gasteiger partial charge is 0.486 e. The number of ether oxygens (including phenoxy) is 2. The van der Waals surface area contributed by atoms with Crippen LogP contribution in [0.2, 0.25) is 5.02 Å². The van der Waals surface area contributed by atoms with Crippen molar-refractivity contribution in [3.8, 4) is 11.5 Å². The zero-order valence-electron chi connectivity index (χ0n) is 14.1. The van der Waals surface area contributed by atoms with E-state index < -0.39 is 0 Å². The first-order chi connectivity index (χ1) is 12.1. The average Bonchev–Trinajstić information content (AvgIpc) is 3.42. The number of nitrogens with zero attached hydrogens (tertiary/aromatic N) is 1. The van der Waals surface area contributed by atoms with Crippen LogP contribution in [-0.4, -0.2) is 31.1 Å². The van der Waals surface area contributed by atoms with Crippen LogP contribution in [0, 0.1) is 5.92 Å². The summed E-state index contributed by atoms with van der Waals surface area (Å²) in [7, 11) is 1.85. The first kappa shape index (κ1) is 16.3. The summed E-state index contributed by atoms with van der Waals surface area (Å²) in [4.78, 5) is 14.5. The summed E-state index contributed by atoms with van der Waals surface area (Å²) in [6.45, 7) is 1.70. The van der Waals surface area contributed by atoms with Crippen LogP contribution in [-0.2, 0) is 11.3 Å². The van der Waals surface area contributed by atoms with Gasteiger partial charge in [-0.1, -0.05) is 35.9 Å². The lowest BCUT2D eigenvalue weighted by atomic mass is 10.1. The molecule has 0 bridgehead atoms. The third-order valence-corrected chi connectivity index (χ3v) is 5.16. The Morgan fingerprint density at radius 1 is 1.16 bits per heavy atom. The number of hydrogen-bond acceptors (Lipinski definition) is 3. The molecule has 0 N–H and O–H groups in total. The maximum absolute atomic E-state index is 12.7. The Morgan fingerprint density at radius 2 is 1.92 bits per heavy atom. The van der Waals surface area contributed by atoms with Gasteiger partial charge >= 0.3 is 0 Å². The fraction of sp³-hybridized carbons (Fsp3) is 0.350. The van der Waals surface area contributed by atoms with Gasteiger partial charge in [0.25, 0.3) is 0 Å². The van der Waals surface area contributed by atoms with Crippen molar-refractivity contribution in [2.75, 3.05) is 20.3 Å². The zero-order valence-corrected chi connectivity index (χ0v) is 14.8. The number of benzene rings is 2. The summed E-state index contributed by atoms with van der Waals surface area (Å²) >= 11 is 6.26. The van der Waals surface area contributed by atoms with Crippen LogP contribution in [0.4, 0.5) is 0 Å². The molecule has 1 aliphatic heterocycles. The highest BCUT2D eigenvalue weighted by Gasteiger charge is 2.45. The molecule has 1 heterocycles. The van der Waals surface area contributed by atoms with Gasteiger partial charge in [0, 0.05) is 24.5 Å². The highest BCUT2D eigenvalue weighted by atomic mass is 35.5. The molecule has 0 aromatic heterocycles. The van der Waals surface area contributed by atoms with Gasteiger partial charge < -0.3 is 14.4 Å². The molecule has 2 aliphatic rings. The third kappa shape index (κ3) is 3.31. The SMILES string of the molecule is CN(Cc1ccc2c(c1)OCCO2)C(=O)C1CC1c1ccccc1Cl. The number of fused-ring (bicyclic) bond motifs is 1. The van der Waals surface area contributed by atoms with Crippen LogP contribution in [0.5, 0.6) is 11.5 Å². The van der Waals surface area contributed by atoms with Crippen molar-refractivity contribution in [3.05, 3.63) is 58.6 Å². The Morgan fingerprint density at radius 3 is 2.72 bits per heavy atom. The second-order valence-corrected chi connectivity index (χ2v) is 7.05. The summed E-state index contributed by atoms with van der Waals surface area (Å²) < 4.78 is 11.1. The third-order valence-electron chi connectivity index (χ3n) is 4.81. The van der Waals surface area contributed by atoms with E-state index in [4.69, 9.17) is 21.1 Å². The standard InChI is InChI=1S/C20H20ClNO3/c1-22(12-13-6-7-18-19(10-13)25-9-8-24-18)20(23)16-11-15(16)14-4-2-3-5-17(14)21/h2-7,10,15-16H,8-9,11-12H2,1H3.